The minimum Gasteiger partial charge on any atom is -0.286 e. The average Bonchev–Trinajstić information content (AvgIpc) is 2.53. The van der Waals surface area contributed by atoms with E-state index in [1.54, 1.807) is 4.57 Å². The van der Waals surface area contributed by atoms with Gasteiger partial charge in [0.25, 0.3) is 0 Å². The molecule has 0 bridgehead atoms. The van der Waals surface area contributed by atoms with Crippen molar-refractivity contribution in [2.45, 2.75) is 6.54 Å². The Balaban J connectivity index is 2.03. The van der Waals surface area contributed by atoms with Crippen molar-refractivity contribution in [1.82, 2.24) is 4.57 Å². The van der Waals surface area contributed by atoms with Gasteiger partial charge in [0.1, 0.15) is 4.64 Å². The number of hydrogen-bond donors (Lipinski definition) is 0. The van der Waals surface area contributed by atoms with Crippen LogP contribution in [0.4, 0.5) is 0 Å². The van der Waals surface area contributed by atoms with Gasteiger partial charge in [-0.1, -0.05) is 83.7 Å². The molecule has 0 aliphatic rings. The van der Waals surface area contributed by atoms with Crippen molar-refractivity contribution >= 4 is 35.2 Å². The molecule has 5 heteroatoms. The van der Waals surface area contributed by atoms with Crippen molar-refractivity contribution in [2.24, 2.45) is 0 Å². The Morgan fingerprint density at radius 1 is 1.05 bits per heavy atom. The zero-order valence-electron chi connectivity index (χ0n) is 11.5. The van der Waals surface area contributed by atoms with E-state index in [2.05, 4.69) is 0 Å². The van der Waals surface area contributed by atoms with Crippen LogP contribution in [0.2, 0.25) is 5.02 Å². The fourth-order valence-corrected chi connectivity index (χ4v) is 3.62. The Hall–Kier alpha value is -1.75. The van der Waals surface area contributed by atoms with E-state index >= 15 is 0 Å². The zero-order valence-corrected chi connectivity index (χ0v) is 13.9. The van der Waals surface area contributed by atoms with Crippen LogP contribution in [0.5, 0.6) is 0 Å². The fourth-order valence-electron chi connectivity index (χ4n) is 2.14. The fraction of sp³-hybridized carbons (Fsp3) is 0.0588. The minimum absolute atomic E-state index is 0.0775. The summed E-state index contributed by atoms with van der Waals surface area (Å²) >= 11 is 12.7. The summed E-state index contributed by atoms with van der Waals surface area (Å²) in [6.45, 7) is 0.392. The maximum Gasteiger partial charge on any atom is 0.309 e. The minimum atomic E-state index is -0.0775. The summed E-state index contributed by atoms with van der Waals surface area (Å²) in [6, 6.07) is 19.1. The Morgan fingerprint density at radius 3 is 2.41 bits per heavy atom. The van der Waals surface area contributed by atoms with E-state index in [0.29, 0.717) is 16.2 Å². The first-order valence-electron chi connectivity index (χ1n) is 6.69. The molecule has 0 aliphatic heterocycles. The molecule has 0 radical (unpaired) electrons. The van der Waals surface area contributed by atoms with E-state index in [4.69, 9.17) is 23.8 Å². The first-order valence-corrected chi connectivity index (χ1v) is 8.29. The van der Waals surface area contributed by atoms with Crippen LogP contribution in [0.1, 0.15) is 5.56 Å². The van der Waals surface area contributed by atoms with Gasteiger partial charge >= 0.3 is 4.87 Å². The third-order valence-electron chi connectivity index (χ3n) is 3.28. The summed E-state index contributed by atoms with van der Waals surface area (Å²) in [4.78, 5) is 13.2. The Kier molecular flexibility index (Phi) is 4.52. The predicted octanol–water partition coefficient (Wildman–Crippen LogP) is 5.01. The van der Waals surface area contributed by atoms with Crippen LogP contribution >= 0.6 is 35.2 Å². The molecule has 22 heavy (non-hydrogen) atoms. The monoisotopic (exact) mass is 345 g/mol. The average molecular weight is 346 g/mol. The molecular formula is C17H12ClNOS2. The van der Waals surface area contributed by atoms with Gasteiger partial charge in [0.15, 0.2) is 0 Å². The van der Waals surface area contributed by atoms with Crippen LogP contribution in [0.15, 0.2) is 65.5 Å². The maximum atomic E-state index is 12.4. The maximum absolute atomic E-state index is 12.4. The van der Waals surface area contributed by atoms with Crippen molar-refractivity contribution in [1.29, 1.82) is 0 Å². The van der Waals surface area contributed by atoms with Crippen molar-refractivity contribution in [3.05, 3.63) is 85.6 Å². The SMILES string of the molecule is O=c1sc(-c2ccccc2)cc(=S)n1Cc1ccccc1Cl. The Bertz CT molecular complexity index is 884. The van der Waals surface area contributed by atoms with Gasteiger partial charge in [-0.05, 0) is 23.3 Å². The number of hydrogen-bond acceptors (Lipinski definition) is 3. The van der Waals surface area contributed by atoms with Crippen LogP contribution < -0.4 is 4.87 Å². The number of halogens is 1. The lowest BCUT2D eigenvalue weighted by atomic mass is 10.2. The highest BCUT2D eigenvalue weighted by atomic mass is 35.5. The quantitative estimate of drug-likeness (QED) is 0.622. The molecule has 3 aromatic rings. The molecule has 1 heterocycles. The molecule has 0 unspecified atom stereocenters. The van der Waals surface area contributed by atoms with E-state index < -0.39 is 0 Å². The number of rotatable bonds is 3. The van der Waals surface area contributed by atoms with Crippen molar-refractivity contribution in [3.8, 4) is 10.4 Å². The number of benzene rings is 2. The highest BCUT2D eigenvalue weighted by Crippen LogP contribution is 2.22. The first kappa shape index (κ1) is 15.2. The molecule has 0 amide bonds. The van der Waals surface area contributed by atoms with E-state index in [1.165, 1.54) is 11.3 Å². The molecule has 2 nitrogen and oxygen atoms in total. The second kappa shape index (κ2) is 6.57. The van der Waals surface area contributed by atoms with Crippen molar-refractivity contribution < 1.29 is 0 Å². The smallest absolute Gasteiger partial charge is 0.286 e. The van der Waals surface area contributed by atoms with Crippen LogP contribution in [-0.2, 0) is 6.54 Å². The summed E-state index contributed by atoms with van der Waals surface area (Å²) in [5.74, 6) is 0. The number of aromatic nitrogens is 1. The molecule has 0 aliphatic carbocycles. The Labute approximate surface area is 142 Å². The van der Waals surface area contributed by atoms with Crippen LogP contribution in [0.25, 0.3) is 10.4 Å². The molecule has 2 aromatic carbocycles. The van der Waals surface area contributed by atoms with Crippen molar-refractivity contribution in [3.63, 3.8) is 0 Å². The van der Waals surface area contributed by atoms with Gasteiger partial charge in [-0.15, -0.1) is 0 Å². The van der Waals surface area contributed by atoms with Crippen LogP contribution in [0, 0.1) is 4.64 Å². The lowest BCUT2D eigenvalue weighted by Gasteiger charge is -2.08. The lowest BCUT2D eigenvalue weighted by molar-refractivity contribution is 0.765. The molecular weight excluding hydrogens is 334 g/mol. The molecule has 0 N–H and O–H groups in total. The molecule has 110 valence electrons. The van der Waals surface area contributed by atoms with Gasteiger partial charge in [-0.3, -0.25) is 9.36 Å². The molecule has 0 fully saturated rings. The third kappa shape index (κ3) is 3.19. The summed E-state index contributed by atoms with van der Waals surface area (Å²) < 4.78 is 2.09. The Morgan fingerprint density at radius 2 is 1.73 bits per heavy atom. The standard InChI is InChI=1S/C17H12ClNOS2/c18-14-9-5-4-8-13(14)11-19-16(21)10-15(22-17(19)20)12-6-2-1-3-7-12/h1-10H,11H2. The summed E-state index contributed by atoms with van der Waals surface area (Å²) in [6.07, 6.45) is 0. The largest absolute Gasteiger partial charge is 0.309 e. The first-order chi connectivity index (χ1) is 10.6. The van der Waals surface area contributed by atoms with Crippen LogP contribution in [-0.4, -0.2) is 4.57 Å². The van der Waals surface area contributed by atoms with Gasteiger partial charge in [0.2, 0.25) is 0 Å². The second-order valence-electron chi connectivity index (χ2n) is 4.76. The molecule has 3 rings (SSSR count). The van der Waals surface area contributed by atoms with E-state index in [-0.39, 0.29) is 4.87 Å². The molecule has 0 atom stereocenters. The lowest BCUT2D eigenvalue weighted by Crippen LogP contribution is -2.18. The summed E-state index contributed by atoms with van der Waals surface area (Å²) in [7, 11) is 0. The molecule has 1 aromatic heterocycles. The molecule has 0 saturated carbocycles. The van der Waals surface area contributed by atoms with Crippen molar-refractivity contribution in [2.75, 3.05) is 0 Å². The summed E-state index contributed by atoms with van der Waals surface area (Å²) in [5.41, 5.74) is 1.89. The molecule has 0 spiro atoms. The third-order valence-corrected chi connectivity index (χ3v) is 4.96. The van der Waals surface area contributed by atoms with E-state index in [9.17, 15) is 4.79 Å². The highest BCUT2D eigenvalue weighted by Gasteiger charge is 2.07. The molecule has 0 saturated heterocycles. The van der Waals surface area contributed by atoms with Crippen LogP contribution in [0.3, 0.4) is 0 Å². The topological polar surface area (TPSA) is 22.0 Å². The van der Waals surface area contributed by atoms with E-state index in [1.807, 2.05) is 60.7 Å². The highest BCUT2D eigenvalue weighted by molar-refractivity contribution is 7.71. The van der Waals surface area contributed by atoms with Gasteiger partial charge in [-0.25, -0.2) is 0 Å². The van der Waals surface area contributed by atoms with Gasteiger partial charge < -0.3 is 0 Å². The zero-order chi connectivity index (χ0) is 15.5. The normalized spacial score (nSPS) is 10.6. The van der Waals surface area contributed by atoms with Gasteiger partial charge in [0.05, 0.1) is 6.54 Å². The van der Waals surface area contributed by atoms with Gasteiger partial charge in [0, 0.05) is 9.90 Å². The van der Waals surface area contributed by atoms with Gasteiger partial charge in [-0.2, -0.15) is 0 Å². The number of nitrogens with zero attached hydrogens (tertiary/aromatic N) is 1. The van der Waals surface area contributed by atoms with E-state index in [0.717, 1.165) is 16.0 Å². The second-order valence-corrected chi connectivity index (χ2v) is 6.58. The predicted molar refractivity (Wildman–Crippen MR) is 95.4 cm³/mol. The summed E-state index contributed by atoms with van der Waals surface area (Å²) in [5, 5.41) is 0.640.